The lowest BCUT2D eigenvalue weighted by Crippen LogP contribution is -2.20. The van der Waals surface area contributed by atoms with Crippen LogP contribution in [-0.4, -0.2) is 16.6 Å². The second-order valence-corrected chi connectivity index (χ2v) is 9.43. The molecule has 0 aliphatic carbocycles. The van der Waals surface area contributed by atoms with Crippen molar-refractivity contribution in [2.24, 2.45) is 5.10 Å². The number of hydrogen-bond acceptors (Lipinski definition) is 3. The van der Waals surface area contributed by atoms with Crippen LogP contribution in [-0.2, 0) is 6.42 Å². The Labute approximate surface area is 218 Å². The van der Waals surface area contributed by atoms with E-state index in [2.05, 4.69) is 67.7 Å². The van der Waals surface area contributed by atoms with Crippen LogP contribution in [0.25, 0.3) is 22.2 Å². The number of carbonyl (C=O) groups excluding carboxylic acids is 1. The average molecular weight is 498 g/mol. The molecule has 1 N–H and O–H groups in total. The van der Waals surface area contributed by atoms with Crippen molar-refractivity contribution in [3.05, 3.63) is 100 Å². The molecular formula is C31H32ClN3O. The predicted octanol–water partition coefficient (Wildman–Crippen LogP) is 8.18. The van der Waals surface area contributed by atoms with E-state index in [4.69, 9.17) is 16.6 Å². The third-order valence-corrected chi connectivity index (χ3v) is 7.05. The molecular weight excluding hydrogens is 466 g/mol. The standard InChI is InChI=1S/C31H32ClN3O/c1-5-20(4)22-15-17-23(18-16-22)28(7-3)34-35-31(36)26-19-29(24-13-11-21(6-2)12-14-24)33-30-25(26)9-8-10-27(30)32/h8-20H,5-7H2,1-4H3,(H,35,36). The van der Waals surface area contributed by atoms with Crippen LogP contribution in [0.15, 0.2) is 77.9 Å². The molecule has 184 valence electrons. The summed E-state index contributed by atoms with van der Waals surface area (Å²) < 4.78 is 0. The number of amides is 1. The first-order chi connectivity index (χ1) is 17.4. The maximum atomic E-state index is 13.4. The summed E-state index contributed by atoms with van der Waals surface area (Å²) in [7, 11) is 0. The number of aromatic nitrogens is 1. The van der Waals surface area contributed by atoms with Crippen LogP contribution in [0.3, 0.4) is 0 Å². The molecule has 0 aliphatic rings. The van der Waals surface area contributed by atoms with Crippen LogP contribution in [0.2, 0.25) is 5.02 Å². The molecule has 0 saturated heterocycles. The molecule has 1 amide bonds. The highest BCUT2D eigenvalue weighted by Crippen LogP contribution is 2.29. The average Bonchev–Trinajstić information content (AvgIpc) is 2.93. The van der Waals surface area contributed by atoms with Gasteiger partial charge in [0.25, 0.3) is 5.91 Å². The summed E-state index contributed by atoms with van der Waals surface area (Å²) in [5.74, 6) is 0.221. The first-order valence-corrected chi connectivity index (χ1v) is 13.0. The molecule has 1 heterocycles. The minimum Gasteiger partial charge on any atom is -0.267 e. The molecule has 0 aliphatic heterocycles. The summed E-state index contributed by atoms with van der Waals surface area (Å²) in [6.07, 6.45) is 2.75. The van der Waals surface area contributed by atoms with Gasteiger partial charge in [0, 0.05) is 10.9 Å². The Balaban J connectivity index is 1.68. The molecule has 4 rings (SSSR count). The minimum absolute atomic E-state index is 0.293. The topological polar surface area (TPSA) is 54.4 Å². The Hall–Kier alpha value is -3.50. The van der Waals surface area contributed by atoms with Gasteiger partial charge < -0.3 is 0 Å². The van der Waals surface area contributed by atoms with Gasteiger partial charge in [-0.05, 0) is 54.0 Å². The molecule has 36 heavy (non-hydrogen) atoms. The van der Waals surface area contributed by atoms with Crippen molar-refractivity contribution in [1.82, 2.24) is 10.4 Å². The molecule has 1 unspecified atom stereocenters. The van der Waals surface area contributed by atoms with E-state index in [1.807, 2.05) is 37.3 Å². The summed E-state index contributed by atoms with van der Waals surface area (Å²) in [4.78, 5) is 18.2. The van der Waals surface area contributed by atoms with Gasteiger partial charge in [0.2, 0.25) is 0 Å². The fourth-order valence-electron chi connectivity index (χ4n) is 4.23. The van der Waals surface area contributed by atoms with Gasteiger partial charge in [0.15, 0.2) is 0 Å². The molecule has 1 atom stereocenters. The summed E-state index contributed by atoms with van der Waals surface area (Å²) in [5.41, 5.74) is 9.88. The van der Waals surface area contributed by atoms with Crippen molar-refractivity contribution in [3.63, 3.8) is 0 Å². The lowest BCUT2D eigenvalue weighted by Gasteiger charge is -2.12. The van der Waals surface area contributed by atoms with Crippen molar-refractivity contribution < 1.29 is 4.79 Å². The number of para-hydroxylation sites is 1. The van der Waals surface area contributed by atoms with E-state index in [9.17, 15) is 4.79 Å². The van der Waals surface area contributed by atoms with Gasteiger partial charge in [-0.25, -0.2) is 10.4 Å². The molecule has 0 fully saturated rings. The van der Waals surface area contributed by atoms with Gasteiger partial charge in [0.05, 0.1) is 27.5 Å². The van der Waals surface area contributed by atoms with Crippen molar-refractivity contribution >= 4 is 34.1 Å². The van der Waals surface area contributed by atoms with Crippen LogP contribution < -0.4 is 5.43 Å². The maximum absolute atomic E-state index is 13.4. The zero-order chi connectivity index (χ0) is 25.7. The van der Waals surface area contributed by atoms with E-state index in [0.29, 0.717) is 39.5 Å². The molecule has 0 spiro atoms. The summed E-state index contributed by atoms with van der Waals surface area (Å²) in [5, 5.41) is 5.70. The number of hydrazone groups is 1. The first-order valence-electron chi connectivity index (χ1n) is 12.6. The van der Waals surface area contributed by atoms with Crippen molar-refractivity contribution in [3.8, 4) is 11.3 Å². The van der Waals surface area contributed by atoms with E-state index in [1.54, 1.807) is 6.07 Å². The summed E-state index contributed by atoms with van der Waals surface area (Å²) in [6, 6.07) is 24.0. The summed E-state index contributed by atoms with van der Waals surface area (Å²) >= 11 is 6.49. The highest BCUT2D eigenvalue weighted by atomic mass is 35.5. The third-order valence-electron chi connectivity index (χ3n) is 6.75. The van der Waals surface area contributed by atoms with E-state index >= 15 is 0 Å². The number of nitrogens with zero attached hydrogens (tertiary/aromatic N) is 2. The van der Waals surface area contributed by atoms with E-state index in [-0.39, 0.29) is 5.91 Å². The Kier molecular flexibility index (Phi) is 8.17. The molecule has 5 heteroatoms. The smallest absolute Gasteiger partial charge is 0.267 e. The third kappa shape index (κ3) is 5.50. The van der Waals surface area contributed by atoms with Gasteiger partial charge in [0.1, 0.15) is 0 Å². The second-order valence-electron chi connectivity index (χ2n) is 9.03. The van der Waals surface area contributed by atoms with Crippen LogP contribution in [0.4, 0.5) is 0 Å². The largest absolute Gasteiger partial charge is 0.272 e. The Bertz CT molecular complexity index is 1390. The predicted molar refractivity (Wildman–Crippen MR) is 151 cm³/mol. The van der Waals surface area contributed by atoms with Crippen molar-refractivity contribution in [1.29, 1.82) is 0 Å². The molecule has 3 aromatic carbocycles. The van der Waals surface area contributed by atoms with Gasteiger partial charge in [-0.2, -0.15) is 5.10 Å². The molecule has 4 nitrogen and oxygen atoms in total. The van der Waals surface area contributed by atoms with Gasteiger partial charge in [-0.15, -0.1) is 0 Å². The maximum Gasteiger partial charge on any atom is 0.272 e. The summed E-state index contributed by atoms with van der Waals surface area (Å²) in [6.45, 7) is 8.57. The van der Waals surface area contributed by atoms with Crippen molar-refractivity contribution in [2.45, 2.75) is 52.9 Å². The monoisotopic (exact) mass is 497 g/mol. The van der Waals surface area contributed by atoms with Crippen molar-refractivity contribution in [2.75, 3.05) is 0 Å². The lowest BCUT2D eigenvalue weighted by atomic mass is 9.96. The van der Waals surface area contributed by atoms with Crippen LogP contribution >= 0.6 is 11.6 Å². The second kappa shape index (κ2) is 11.5. The number of halogens is 1. The molecule has 1 aromatic heterocycles. The molecule has 0 bridgehead atoms. The number of aryl methyl sites for hydroxylation is 1. The van der Waals surface area contributed by atoms with E-state index in [1.165, 1.54) is 11.1 Å². The molecule has 0 radical (unpaired) electrons. The fourth-order valence-corrected chi connectivity index (χ4v) is 4.44. The zero-order valence-corrected chi connectivity index (χ0v) is 22.1. The number of pyridine rings is 1. The number of carbonyl (C=O) groups is 1. The van der Waals surface area contributed by atoms with Crippen LogP contribution in [0.1, 0.15) is 73.5 Å². The number of hydrogen-bond donors (Lipinski definition) is 1. The van der Waals surface area contributed by atoms with Crippen LogP contribution in [0, 0.1) is 0 Å². The fraction of sp³-hybridized carbons (Fsp3) is 0.258. The molecule has 4 aromatic rings. The quantitative estimate of drug-likeness (QED) is 0.197. The highest BCUT2D eigenvalue weighted by Gasteiger charge is 2.16. The molecule has 0 saturated carbocycles. The van der Waals surface area contributed by atoms with Gasteiger partial charge in [-0.1, -0.05) is 100.0 Å². The normalized spacial score (nSPS) is 12.5. The first kappa shape index (κ1) is 25.6. The Morgan fingerprint density at radius 3 is 2.36 bits per heavy atom. The number of benzene rings is 3. The minimum atomic E-state index is -0.293. The lowest BCUT2D eigenvalue weighted by molar-refractivity contribution is 0.0956. The SMILES string of the molecule is CCC(=NNC(=O)c1cc(-c2ccc(CC)cc2)nc2c(Cl)cccc12)c1ccc(C(C)CC)cc1. The highest BCUT2D eigenvalue weighted by molar-refractivity contribution is 6.35. The number of fused-ring (bicyclic) bond motifs is 1. The Morgan fingerprint density at radius 1 is 1.00 bits per heavy atom. The number of rotatable bonds is 8. The van der Waals surface area contributed by atoms with Gasteiger partial charge >= 0.3 is 0 Å². The van der Waals surface area contributed by atoms with E-state index < -0.39 is 0 Å². The zero-order valence-electron chi connectivity index (χ0n) is 21.3. The van der Waals surface area contributed by atoms with Crippen LogP contribution in [0.5, 0.6) is 0 Å². The number of nitrogens with one attached hydrogen (secondary N) is 1. The van der Waals surface area contributed by atoms with E-state index in [0.717, 1.165) is 29.7 Å². The Morgan fingerprint density at radius 2 is 1.72 bits per heavy atom. The van der Waals surface area contributed by atoms with Gasteiger partial charge in [-0.3, -0.25) is 4.79 Å².